The van der Waals surface area contributed by atoms with Crippen LogP contribution in [0, 0.1) is 0 Å². The van der Waals surface area contributed by atoms with Crippen molar-refractivity contribution in [3.63, 3.8) is 0 Å². The fourth-order valence-corrected chi connectivity index (χ4v) is 2.68. The van der Waals surface area contributed by atoms with Crippen molar-refractivity contribution in [3.8, 4) is 5.75 Å². The van der Waals surface area contributed by atoms with Crippen LogP contribution in [0.5, 0.6) is 5.75 Å². The molecular formula is C18H24N2O5. The van der Waals surface area contributed by atoms with Gasteiger partial charge in [0, 0.05) is 25.9 Å². The summed E-state index contributed by atoms with van der Waals surface area (Å²) in [4.78, 5) is 35.9. The Morgan fingerprint density at radius 3 is 2.68 bits per heavy atom. The number of carboxylic acid groups (broad SMARTS) is 1. The zero-order valence-corrected chi connectivity index (χ0v) is 14.2. The van der Waals surface area contributed by atoms with E-state index in [9.17, 15) is 14.4 Å². The van der Waals surface area contributed by atoms with Gasteiger partial charge in [-0.25, -0.2) is 0 Å². The van der Waals surface area contributed by atoms with Gasteiger partial charge in [0.25, 0.3) is 5.91 Å². The number of nitrogens with zero attached hydrogens (tertiary/aromatic N) is 1. The maximum atomic E-state index is 12.0. The largest absolute Gasteiger partial charge is 0.482 e. The summed E-state index contributed by atoms with van der Waals surface area (Å²) in [7, 11) is 0. The van der Waals surface area contributed by atoms with Gasteiger partial charge in [-0.15, -0.1) is 0 Å². The SMILES string of the molecule is O=C(O)CCCCCCNC(=O)CCN1C(=O)COc2ccccc21. The molecule has 1 aromatic rings. The molecule has 0 atom stereocenters. The molecular weight excluding hydrogens is 324 g/mol. The lowest BCUT2D eigenvalue weighted by Crippen LogP contribution is -2.41. The van der Waals surface area contributed by atoms with E-state index in [-0.39, 0.29) is 31.3 Å². The van der Waals surface area contributed by atoms with Gasteiger partial charge >= 0.3 is 5.97 Å². The Bertz CT molecular complexity index is 617. The smallest absolute Gasteiger partial charge is 0.303 e. The van der Waals surface area contributed by atoms with Crippen LogP contribution in [0.3, 0.4) is 0 Å². The Balaban J connectivity index is 1.65. The van der Waals surface area contributed by atoms with Gasteiger partial charge in [-0.2, -0.15) is 0 Å². The molecule has 7 heteroatoms. The number of aliphatic carboxylic acids is 1. The number of ether oxygens (including phenoxy) is 1. The van der Waals surface area contributed by atoms with E-state index >= 15 is 0 Å². The summed E-state index contributed by atoms with van der Waals surface area (Å²) in [5, 5.41) is 11.4. The van der Waals surface area contributed by atoms with Crippen molar-refractivity contribution in [1.29, 1.82) is 0 Å². The Labute approximate surface area is 147 Å². The van der Waals surface area contributed by atoms with Gasteiger partial charge in [-0.1, -0.05) is 25.0 Å². The first kappa shape index (κ1) is 18.8. The lowest BCUT2D eigenvalue weighted by Gasteiger charge is -2.29. The van der Waals surface area contributed by atoms with E-state index in [0.717, 1.165) is 19.3 Å². The quantitative estimate of drug-likeness (QED) is 0.630. The van der Waals surface area contributed by atoms with Crippen molar-refractivity contribution >= 4 is 23.5 Å². The lowest BCUT2D eigenvalue weighted by molar-refractivity contribution is -0.137. The summed E-state index contributed by atoms with van der Waals surface area (Å²) in [6.45, 7) is 0.887. The third-order valence-electron chi connectivity index (χ3n) is 4.01. The number of carbonyl (C=O) groups is 3. The topological polar surface area (TPSA) is 95.9 Å². The van der Waals surface area contributed by atoms with Crippen LogP contribution in [0.25, 0.3) is 0 Å². The highest BCUT2D eigenvalue weighted by Crippen LogP contribution is 2.31. The van der Waals surface area contributed by atoms with E-state index in [2.05, 4.69) is 5.32 Å². The molecule has 0 spiro atoms. The number of benzene rings is 1. The van der Waals surface area contributed by atoms with Crippen LogP contribution in [0.2, 0.25) is 0 Å². The number of rotatable bonds is 10. The highest BCUT2D eigenvalue weighted by Gasteiger charge is 2.25. The molecule has 0 bridgehead atoms. The first-order valence-electron chi connectivity index (χ1n) is 8.58. The third kappa shape index (κ3) is 6.10. The zero-order chi connectivity index (χ0) is 18.1. The molecule has 2 N–H and O–H groups in total. The van der Waals surface area contributed by atoms with E-state index in [1.165, 1.54) is 0 Å². The van der Waals surface area contributed by atoms with Gasteiger partial charge in [0.1, 0.15) is 5.75 Å². The second kappa shape index (κ2) is 9.66. The van der Waals surface area contributed by atoms with Crippen LogP contribution in [-0.2, 0) is 14.4 Å². The van der Waals surface area contributed by atoms with Crippen LogP contribution in [-0.4, -0.2) is 42.6 Å². The molecule has 2 amide bonds. The molecule has 25 heavy (non-hydrogen) atoms. The predicted octanol–water partition coefficient (Wildman–Crippen LogP) is 1.95. The predicted molar refractivity (Wildman–Crippen MR) is 92.6 cm³/mol. The van der Waals surface area contributed by atoms with Crippen LogP contribution < -0.4 is 15.0 Å². The standard InChI is InChI=1S/C18H24N2O5/c21-16(19-11-6-2-1-3-9-18(23)24)10-12-20-14-7-4-5-8-15(14)25-13-17(20)22/h4-5,7-8H,1-3,6,9-13H2,(H,19,21)(H,23,24). The summed E-state index contributed by atoms with van der Waals surface area (Å²) < 4.78 is 5.37. The number of para-hydroxylation sites is 2. The minimum atomic E-state index is -0.771. The molecule has 7 nitrogen and oxygen atoms in total. The van der Waals surface area contributed by atoms with E-state index in [4.69, 9.17) is 9.84 Å². The fourth-order valence-electron chi connectivity index (χ4n) is 2.68. The maximum Gasteiger partial charge on any atom is 0.303 e. The summed E-state index contributed by atoms with van der Waals surface area (Å²) in [6, 6.07) is 7.29. The van der Waals surface area contributed by atoms with E-state index in [1.54, 1.807) is 17.0 Å². The van der Waals surface area contributed by atoms with Crippen molar-refractivity contribution in [3.05, 3.63) is 24.3 Å². The van der Waals surface area contributed by atoms with Crippen molar-refractivity contribution in [2.45, 2.75) is 38.5 Å². The molecule has 0 aliphatic carbocycles. The Morgan fingerprint density at radius 1 is 1.12 bits per heavy atom. The minimum absolute atomic E-state index is 0.00498. The Morgan fingerprint density at radius 2 is 1.88 bits per heavy atom. The monoisotopic (exact) mass is 348 g/mol. The van der Waals surface area contributed by atoms with Crippen LogP contribution in [0.15, 0.2) is 24.3 Å². The fraction of sp³-hybridized carbons (Fsp3) is 0.500. The second-order valence-electron chi connectivity index (χ2n) is 5.96. The number of hydrogen-bond donors (Lipinski definition) is 2. The normalized spacial score (nSPS) is 13.1. The molecule has 1 aromatic carbocycles. The number of anilines is 1. The van der Waals surface area contributed by atoms with Crippen molar-refractivity contribution in [2.75, 3.05) is 24.6 Å². The van der Waals surface area contributed by atoms with Crippen molar-refractivity contribution in [2.24, 2.45) is 0 Å². The maximum absolute atomic E-state index is 12.0. The van der Waals surface area contributed by atoms with Crippen molar-refractivity contribution in [1.82, 2.24) is 5.32 Å². The lowest BCUT2D eigenvalue weighted by atomic mass is 10.1. The van der Waals surface area contributed by atoms with Crippen LogP contribution in [0.1, 0.15) is 38.5 Å². The summed E-state index contributed by atoms with van der Waals surface area (Å²) in [5.41, 5.74) is 0.699. The number of amides is 2. The molecule has 0 radical (unpaired) electrons. The molecule has 0 saturated heterocycles. The third-order valence-corrected chi connectivity index (χ3v) is 4.01. The van der Waals surface area contributed by atoms with Gasteiger partial charge in [-0.3, -0.25) is 14.4 Å². The molecule has 0 saturated carbocycles. The average Bonchev–Trinajstić information content (AvgIpc) is 2.59. The van der Waals surface area contributed by atoms with Gasteiger partial charge in [-0.05, 0) is 25.0 Å². The molecule has 2 rings (SSSR count). The number of carboxylic acids is 1. The summed E-state index contributed by atoms with van der Waals surface area (Å²) in [6.07, 6.45) is 3.66. The summed E-state index contributed by atoms with van der Waals surface area (Å²) >= 11 is 0. The average molecular weight is 348 g/mol. The summed E-state index contributed by atoms with van der Waals surface area (Å²) in [5.74, 6) is -0.358. The van der Waals surface area contributed by atoms with E-state index in [0.29, 0.717) is 30.9 Å². The van der Waals surface area contributed by atoms with Gasteiger partial charge in [0.2, 0.25) is 5.91 Å². The van der Waals surface area contributed by atoms with Crippen LogP contribution in [0.4, 0.5) is 5.69 Å². The first-order chi connectivity index (χ1) is 12.1. The van der Waals surface area contributed by atoms with Gasteiger partial charge in [0.05, 0.1) is 5.69 Å². The minimum Gasteiger partial charge on any atom is -0.482 e. The first-order valence-corrected chi connectivity index (χ1v) is 8.58. The van der Waals surface area contributed by atoms with E-state index < -0.39 is 5.97 Å². The molecule has 0 aromatic heterocycles. The number of hydrogen-bond acceptors (Lipinski definition) is 4. The number of unbranched alkanes of at least 4 members (excludes halogenated alkanes) is 3. The Kier molecular flexibility index (Phi) is 7.25. The number of carbonyl (C=O) groups excluding carboxylic acids is 2. The molecule has 136 valence electrons. The molecule has 0 fully saturated rings. The van der Waals surface area contributed by atoms with Crippen molar-refractivity contribution < 1.29 is 24.2 Å². The zero-order valence-electron chi connectivity index (χ0n) is 14.2. The van der Waals surface area contributed by atoms with Gasteiger partial charge < -0.3 is 20.1 Å². The molecule has 1 aliphatic rings. The highest BCUT2D eigenvalue weighted by atomic mass is 16.5. The van der Waals surface area contributed by atoms with Gasteiger partial charge in [0.15, 0.2) is 6.61 Å². The molecule has 0 unspecified atom stereocenters. The number of nitrogens with one attached hydrogen (secondary N) is 1. The molecule has 1 aliphatic heterocycles. The number of fused-ring (bicyclic) bond motifs is 1. The molecule has 1 heterocycles. The Hall–Kier alpha value is -2.57. The highest BCUT2D eigenvalue weighted by molar-refractivity contribution is 5.98. The van der Waals surface area contributed by atoms with Crippen LogP contribution >= 0.6 is 0 Å². The second-order valence-corrected chi connectivity index (χ2v) is 5.96. The van der Waals surface area contributed by atoms with E-state index in [1.807, 2.05) is 12.1 Å².